The van der Waals surface area contributed by atoms with Crippen molar-refractivity contribution in [3.05, 3.63) is 17.0 Å². The van der Waals surface area contributed by atoms with Gasteiger partial charge < -0.3 is 10.5 Å². The van der Waals surface area contributed by atoms with E-state index in [0.717, 1.165) is 23.5 Å². The first-order valence-electron chi connectivity index (χ1n) is 7.46. The highest BCUT2D eigenvalue weighted by molar-refractivity contribution is 5.69. The summed E-state index contributed by atoms with van der Waals surface area (Å²) in [6, 6.07) is 0. The molecule has 0 aliphatic carbocycles. The number of hydrogen-bond acceptors (Lipinski definition) is 4. The van der Waals surface area contributed by atoms with E-state index in [4.69, 9.17) is 10.5 Å². The quantitative estimate of drug-likeness (QED) is 0.928. The second-order valence-electron chi connectivity index (χ2n) is 6.99. The highest BCUT2D eigenvalue weighted by Crippen LogP contribution is 2.27. The number of nitrogens with two attached hydrogens (primary N) is 1. The molecule has 118 valence electrons. The molecule has 0 radical (unpaired) electrons. The molecule has 0 unspecified atom stereocenters. The fourth-order valence-electron chi connectivity index (χ4n) is 2.51. The Morgan fingerprint density at radius 2 is 2.05 bits per heavy atom. The third-order valence-corrected chi connectivity index (χ3v) is 3.32. The maximum atomic E-state index is 12.1. The summed E-state index contributed by atoms with van der Waals surface area (Å²) in [6.07, 6.45) is -0.293. The largest absolute Gasteiger partial charge is 0.444 e. The number of nitrogens with zero attached hydrogens (tertiary/aromatic N) is 3. The molecule has 1 aliphatic rings. The van der Waals surface area contributed by atoms with E-state index in [1.165, 1.54) is 0 Å². The maximum Gasteiger partial charge on any atom is 0.410 e. The molecule has 0 fully saturated rings. The van der Waals surface area contributed by atoms with Gasteiger partial charge >= 0.3 is 6.09 Å². The van der Waals surface area contributed by atoms with Gasteiger partial charge in [0, 0.05) is 18.7 Å². The van der Waals surface area contributed by atoms with Gasteiger partial charge in [0.2, 0.25) is 0 Å². The van der Waals surface area contributed by atoms with Crippen LogP contribution in [0.5, 0.6) is 0 Å². The first-order valence-corrected chi connectivity index (χ1v) is 7.46. The van der Waals surface area contributed by atoms with Crippen LogP contribution in [0.1, 0.15) is 51.6 Å². The average Bonchev–Trinajstić information content (AvgIpc) is 2.82. The molecular formula is C15H26N4O2. The third-order valence-electron chi connectivity index (χ3n) is 3.32. The van der Waals surface area contributed by atoms with Gasteiger partial charge in [-0.15, -0.1) is 0 Å². The number of carbonyl (C=O) groups excluding carboxylic acids is 1. The van der Waals surface area contributed by atoms with Crippen molar-refractivity contribution < 1.29 is 9.53 Å². The fourth-order valence-corrected chi connectivity index (χ4v) is 2.51. The lowest BCUT2D eigenvalue weighted by molar-refractivity contribution is 0.0238. The number of hydrogen-bond donors (Lipinski definition) is 1. The summed E-state index contributed by atoms with van der Waals surface area (Å²) in [5.41, 5.74) is 8.46. The molecule has 0 aromatic carbocycles. The molecular weight excluding hydrogens is 268 g/mol. The predicted octanol–water partition coefficient (Wildman–Crippen LogP) is 2.25. The highest BCUT2D eigenvalue weighted by Gasteiger charge is 2.32. The standard InChI is InChI=1S/C15H26N4O2/c1-10(2)7-19-13(6-16)11-8-18(9-12(11)17-19)14(20)21-15(3,4)5/h10H,6-9,16H2,1-5H3. The molecule has 6 nitrogen and oxygen atoms in total. The molecule has 2 N–H and O–H groups in total. The zero-order valence-corrected chi connectivity index (χ0v) is 13.6. The lowest BCUT2D eigenvalue weighted by atomic mass is 10.2. The van der Waals surface area contributed by atoms with E-state index in [0.29, 0.717) is 25.6 Å². The van der Waals surface area contributed by atoms with E-state index in [9.17, 15) is 4.79 Å². The highest BCUT2D eigenvalue weighted by atomic mass is 16.6. The van der Waals surface area contributed by atoms with E-state index in [2.05, 4.69) is 18.9 Å². The minimum Gasteiger partial charge on any atom is -0.444 e. The molecule has 2 rings (SSSR count). The Balaban J connectivity index is 2.13. The van der Waals surface area contributed by atoms with Crippen molar-refractivity contribution in [1.29, 1.82) is 0 Å². The van der Waals surface area contributed by atoms with Gasteiger partial charge in [0.15, 0.2) is 0 Å². The number of ether oxygens (including phenoxy) is 1. The summed E-state index contributed by atoms with van der Waals surface area (Å²) in [4.78, 5) is 13.8. The molecule has 1 aliphatic heterocycles. The average molecular weight is 294 g/mol. The Kier molecular flexibility index (Phi) is 4.27. The minimum atomic E-state index is -0.481. The van der Waals surface area contributed by atoms with Crippen LogP contribution in [-0.4, -0.2) is 26.4 Å². The van der Waals surface area contributed by atoms with Crippen molar-refractivity contribution in [3.8, 4) is 0 Å². The first-order chi connectivity index (χ1) is 9.71. The van der Waals surface area contributed by atoms with Crippen LogP contribution in [0.2, 0.25) is 0 Å². The van der Waals surface area contributed by atoms with Crippen LogP contribution in [0.3, 0.4) is 0 Å². The van der Waals surface area contributed by atoms with Gasteiger partial charge in [-0.05, 0) is 26.7 Å². The van der Waals surface area contributed by atoms with E-state index in [1.54, 1.807) is 4.90 Å². The van der Waals surface area contributed by atoms with Crippen molar-refractivity contribution in [2.24, 2.45) is 11.7 Å². The molecule has 1 amide bonds. The van der Waals surface area contributed by atoms with E-state index < -0.39 is 5.60 Å². The number of carbonyl (C=O) groups is 1. The Morgan fingerprint density at radius 1 is 1.38 bits per heavy atom. The predicted molar refractivity (Wildman–Crippen MR) is 80.4 cm³/mol. The number of aromatic nitrogens is 2. The van der Waals surface area contributed by atoms with Gasteiger partial charge in [-0.2, -0.15) is 5.10 Å². The van der Waals surface area contributed by atoms with E-state index in [1.807, 2.05) is 25.5 Å². The molecule has 2 heterocycles. The summed E-state index contributed by atoms with van der Waals surface area (Å²) in [5.74, 6) is 0.511. The van der Waals surface area contributed by atoms with E-state index >= 15 is 0 Å². The maximum absolute atomic E-state index is 12.1. The van der Waals surface area contributed by atoms with Crippen molar-refractivity contribution in [2.45, 2.75) is 66.4 Å². The van der Waals surface area contributed by atoms with Crippen molar-refractivity contribution in [3.63, 3.8) is 0 Å². The molecule has 0 spiro atoms. The zero-order valence-electron chi connectivity index (χ0n) is 13.6. The van der Waals surface area contributed by atoms with Crippen LogP contribution in [0.4, 0.5) is 4.79 Å². The van der Waals surface area contributed by atoms with Crippen LogP contribution in [0.15, 0.2) is 0 Å². The van der Waals surface area contributed by atoms with E-state index in [-0.39, 0.29) is 6.09 Å². The summed E-state index contributed by atoms with van der Waals surface area (Å²) < 4.78 is 7.40. The summed E-state index contributed by atoms with van der Waals surface area (Å²) in [5, 5.41) is 4.62. The Labute approximate surface area is 126 Å². The first kappa shape index (κ1) is 15.8. The molecule has 0 bridgehead atoms. The fraction of sp³-hybridized carbons (Fsp3) is 0.733. The zero-order chi connectivity index (χ0) is 15.8. The number of rotatable bonds is 3. The van der Waals surface area contributed by atoms with Gasteiger partial charge in [-0.25, -0.2) is 4.79 Å². The van der Waals surface area contributed by atoms with Crippen LogP contribution in [0, 0.1) is 5.92 Å². The normalized spacial score (nSPS) is 14.7. The molecule has 1 aromatic rings. The lowest BCUT2D eigenvalue weighted by Crippen LogP contribution is -2.34. The third kappa shape index (κ3) is 3.56. The lowest BCUT2D eigenvalue weighted by Gasteiger charge is -2.24. The Morgan fingerprint density at radius 3 is 2.57 bits per heavy atom. The molecule has 0 saturated carbocycles. The second-order valence-corrected chi connectivity index (χ2v) is 6.99. The van der Waals surface area contributed by atoms with Crippen LogP contribution in [-0.2, 0) is 30.9 Å². The summed E-state index contributed by atoms with van der Waals surface area (Å²) in [6.45, 7) is 12.2. The molecule has 21 heavy (non-hydrogen) atoms. The monoisotopic (exact) mass is 294 g/mol. The van der Waals surface area contributed by atoms with Gasteiger partial charge in [0.1, 0.15) is 5.60 Å². The minimum absolute atomic E-state index is 0.293. The molecule has 0 atom stereocenters. The SMILES string of the molecule is CC(C)Cn1nc2c(c1CN)CN(C(=O)OC(C)(C)C)C2. The Hall–Kier alpha value is -1.56. The van der Waals surface area contributed by atoms with Crippen molar-refractivity contribution in [2.75, 3.05) is 0 Å². The van der Waals surface area contributed by atoms with Crippen molar-refractivity contribution in [1.82, 2.24) is 14.7 Å². The summed E-state index contributed by atoms with van der Waals surface area (Å²) in [7, 11) is 0. The van der Waals surface area contributed by atoms with Gasteiger partial charge in [-0.3, -0.25) is 9.58 Å². The van der Waals surface area contributed by atoms with Gasteiger partial charge in [0.25, 0.3) is 0 Å². The number of amides is 1. The Bertz CT molecular complexity index is 529. The smallest absolute Gasteiger partial charge is 0.410 e. The second kappa shape index (κ2) is 5.67. The molecule has 6 heteroatoms. The molecule has 0 saturated heterocycles. The number of fused-ring (bicyclic) bond motifs is 1. The van der Waals surface area contributed by atoms with Gasteiger partial charge in [0.05, 0.1) is 24.5 Å². The molecule has 1 aromatic heterocycles. The van der Waals surface area contributed by atoms with Gasteiger partial charge in [-0.1, -0.05) is 13.8 Å². The summed E-state index contributed by atoms with van der Waals surface area (Å²) >= 11 is 0. The van der Waals surface area contributed by atoms with Crippen molar-refractivity contribution >= 4 is 6.09 Å². The van der Waals surface area contributed by atoms with Crippen LogP contribution >= 0.6 is 0 Å². The van der Waals surface area contributed by atoms with Crippen LogP contribution < -0.4 is 5.73 Å². The topological polar surface area (TPSA) is 73.4 Å². The van der Waals surface area contributed by atoms with Crippen LogP contribution in [0.25, 0.3) is 0 Å².